The standard InChI is InChI=1S/C12H14IN3/c1-9-12(13)8-16(14-9)11-6-4-10(5-7-11)15(2)3/h4-8H,1-3H3. The average Bonchev–Trinajstić information content (AvgIpc) is 2.59. The molecule has 3 nitrogen and oxygen atoms in total. The molecule has 0 unspecified atom stereocenters. The first-order chi connectivity index (χ1) is 7.58. The summed E-state index contributed by atoms with van der Waals surface area (Å²) in [5, 5.41) is 4.45. The summed E-state index contributed by atoms with van der Waals surface area (Å²) in [4.78, 5) is 2.09. The van der Waals surface area contributed by atoms with Crippen molar-refractivity contribution in [2.75, 3.05) is 19.0 Å². The first kappa shape index (κ1) is 11.4. The number of rotatable bonds is 2. The van der Waals surface area contributed by atoms with E-state index in [0.717, 1.165) is 11.4 Å². The van der Waals surface area contributed by atoms with Crippen LogP contribution in [-0.4, -0.2) is 23.9 Å². The molecule has 0 fully saturated rings. The van der Waals surface area contributed by atoms with Crippen LogP contribution in [0.2, 0.25) is 0 Å². The van der Waals surface area contributed by atoms with Gasteiger partial charge in [0.2, 0.25) is 0 Å². The van der Waals surface area contributed by atoms with Crippen LogP contribution in [0.5, 0.6) is 0 Å². The zero-order valence-electron chi connectivity index (χ0n) is 9.61. The second-order valence-corrected chi connectivity index (χ2v) is 5.08. The maximum absolute atomic E-state index is 4.45. The van der Waals surface area contributed by atoms with Gasteiger partial charge in [-0.15, -0.1) is 0 Å². The molecule has 0 aliphatic rings. The number of nitrogens with zero attached hydrogens (tertiary/aromatic N) is 3. The largest absolute Gasteiger partial charge is 0.378 e. The van der Waals surface area contributed by atoms with Gasteiger partial charge in [0.15, 0.2) is 0 Å². The summed E-state index contributed by atoms with van der Waals surface area (Å²) < 4.78 is 3.10. The summed E-state index contributed by atoms with van der Waals surface area (Å²) in [5.41, 5.74) is 3.36. The second kappa shape index (κ2) is 4.45. The normalized spacial score (nSPS) is 10.5. The van der Waals surface area contributed by atoms with E-state index < -0.39 is 0 Å². The zero-order valence-corrected chi connectivity index (χ0v) is 11.8. The van der Waals surface area contributed by atoms with E-state index in [1.54, 1.807) is 0 Å². The number of hydrogen-bond donors (Lipinski definition) is 0. The Hall–Kier alpha value is -1.04. The second-order valence-electron chi connectivity index (χ2n) is 3.92. The minimum atomic E-state index is 1.07. The van der Waals surface area contributed by atoms with Gasteiger partial charge < -0.3 is 4.90 Å². The molecule has 84 valence electrons. The van der Waals surface area contributed by atoms with Gasteiger partial charge in [-0.1, -0.05) is 0 Å². The molecule has 1 aromatic carbocycles. The lowest BCUT2D eigenvalue weighted by Gasteiger charge is -2.12. The SMILES string of the molecule is Cc1nn(-c2ccc(N(C)C)cc2)cc1I. The van der Waals surface area contributed by atoms with Gasteiger partial charge in [0, 0.05) is 26.0 Å². The third kappa shape index (κ3) is 2.21. The lowest BCUT2D eigenvalue weighted by Crippen LogP contribution is -2.08. The van der Waals surface area contributed by atoms with Gasteiger partial charge >= 0.3 is 0 Å². The van der Waals surface area contributed by atoms with E-state index in [2.05, 4.69) is 56.9 Å². The Labute approximate surface area is 109 Å². The highest BCUT2D eigenvalue weighted by molar-refractivity contribution is 14.1. The van der Waals surface area contributed by atoms with Crippen LogP contribution in [0.4, 0.5) is 5.69 Å². The highest BCUT2D eigenvalue weighted by Gasteiger charge is 2.03. The van der Waals surface area contributed by atoms with Crippen LogP contribution in [0, 0.1) is 10.5 Å². The van der Waals surface area contributed by atoms with Gasteiger partial charge in [-0.2, -0.15) is 5.10 Å². The number of aromatic nitrogens is 2. The maximum atomic E-state index is 4.45. The Balaban J connectivity index is 2.34. The van der Waals surface area contributed by atoms with Gasteiger partial charge in [0.1, 0.15) is 0 Å². The highest BCUT2D eigenvalue weighted by Crippen LogP contribution is 2.17. The van der Waals surface area contributed by atoms with E-state index in [0.29, 0.717) is 0 Å². The van der Waals surface area contributed by atoms with Gasteiger partial charge in [-0.25, -0.2) is 4.68 Å². The fourth-order valence-electron chi connectivity index (χ4n) is 1.47. The van der Waals surface area contributed by atoms with E-state index >= 15 is 0 Å². The van der Waals surface area contributed by atoms with Crippen molar-refractivity contribution in [1.29, 1.82) is 0 Å². The summed E-state index contributed by atoms with van der Waals surface area (Å²) in [6, 6.07) is 8.36. The molecule has 0 amide bonds. The third-order valence-electron chi connectivity index (χ3n) is 2.47. The summed E-state index contributed by atoms with van der Waals surface area (Å²) in [5.74, 6) is 0. The lowest BCUT2D eigenvalue weighted by atomic mass is 10.2. The van der Waals surface area contributed by atoms with Crippen LogP contribution in [0.15, 0.2) is 30.5 Å². The molecule has 0 saturated heterocycles. The van der Waals surface area contributed by atoms with Crippen molar-refractivity contribution >= 4 is 28.3 Å². The maximum Gasteiger partial charge on any atom is 0.0731 e. The van der Waals surface area contributed by atoms with Crippen molar-refractivity contribution in [2.24, 2.45) is 0 Å². The van der Waals surface area contributed by atoms with E-state index in [1.807, 2.05) is 31.9 Å². The molecule has 0 bridgehead atoms. The quantitative estimate of drug-likeness (QED) is 0.791. The third-order valence-corrected chi connectivity index (χ3v) is 3.53. The zero-order chi connectivity index (χ0) is 11.7. The van der Waals surface area contributed by atoms with Crippen LogP contribution in [0.1, 0.15) is 5.69 Å². The molecule has 0 spiro atoms. The summed E-state index contributed by atoms with van der Waals surface area (Å²) >= 11 is 2.30. The molecular formula is C12H14IN3. The molecule has 1 aromatic heterocycles. The molecule has 0 atom stereocenters. The monoisotopic (exact) mass is 327 g/mol. The number of aryl methyl sites for hydroxylation is 1. The van der Waals surface area contributed by atoms with Crippen molar-refractivity contribution in [3.63, 3.8) is 0 Å². The predicted molar refractivity (Wildman–Crippen MR) is 75.3 cm³/mol. The topological polar surface area (TPSA) is 21.1 Å². The average molecular weight is 327 g/mol. The van der Waals surface area contributed by atoms with Crippen LogP contribution in [0.25, 0.3) is 5.69 Å². The summed E-state index contributed by atoms with van der Waals surface area (Å²) in [6.07, 6.45) is 2.04. The van der Waals surface area contributed by atoms with E-state index in [1.165, 1.54) is 9.26 Å². The molecule has 16 heavy (non-hydrogen) atoms. The predicted octanol–water partition coefficient (Wildman–Crippen LogP) is 2.85. The van der Waals surface area contributed by atoms with Gasteiger partial charge in [0.25, 0.3) is 0 Å². The molecule has 0 aliphatic carbocycles. The van der Waals surface area contributed by atoms with Crippen molar-refractivity contribution in [2.45, 2.75) is 6.92 Å². The molecule has 1 heterocycles. The molecule has 0 N–H and O–H groups in total. The Kier molecular flexibility index (Phi) is 3.18. The summed E-state index contributed by atoms with van der Waals surface area (Å²) in [7, 11) is 4.08. The fraction of sp³-hybridized carbons (Fsp3) is 0.250. The van der Waals surface area contributed by atoms with Crippen LogP contribution in [-0.2, 0) is 0 Å². The summed E-state index contributed by atoms with van der Waals surface area (Å²) in [6.45, 7) is 2.02. The molecule has 4 heteroatoms. The first-order valence-corrected chi connectivity index (χ1v) is 6.15. The molecule has 0 aliphatic heterocycles. The number of benzene rings is 1. The van der Waals surface area contributed by atoms with Crippen LogP contribution < -0.4 is 4.90 Å². The van der Waals surface area contributed by atoms with Gasteiger partial charge in [-0.05, 0) is 53.8 Å². The van der Waals surface area contributed by atoms with Gasteiger partial charge in [-0.3, -0.25) is 0 Å². The number of halogens is 1. The highest BCUT2D eigenvalue weighted by atomic mass is 127. The molecule has 0 saturated carbocycles. The Bertz CT molecular complexity index is 466. The van der Waals surface area contributed by atoms with E-state index in [4.69, 9.17) is 0 Å². The van der Waals surface area contributed by atoms with E-state index in [9.17, 15) is 0 Å². The van der Waals surface area contributed by atoms with Crippen LogP contribution in [0.3, 0.4) is 0 Å². The van der Waals surface area contributed by atoms with Gasteiger partial charge in [0.05, 0.1) is 15.0 Å². The van der Waals surface area contributed by atoms with Crippen molar-refractivity contribution < 1.29 is 0 Å². The number of hydrogen-bond acceptors (Lipinski definition) is 2. The van der Waals surface area contributed by atoms with Crippen LogP contribution >= 0.6 is 22.6 Å². The Morgan fingerprint density at radius 2 is 1.81 bits per heavy atom. The van der Waals surface area contributed by atoms with Crippen molar-refractivity contribution in [3.05, 3.63) is 39.7 Å². The minimum Gasteiger partial charge on any atom is -0.378 e. The fourth-order valence-corrected chi connectivity index (χ4v) is 1.85. The lowest BCUT2D eigenvalue weighted by molar-refractivity contribution is 0.862. The minimum absolute atomic E-state index is 1.07. The Morgan fingerprint density at radius 1 is 1.19 bits per heavy atom. The molecule has 2 rings (SSSR count). The molecule has 0 radical (unpaired) electrons. The van der Waals surface area contributed by atoms with Crippen molar-refractivity contribution in [3.8, 4) is 5.69 Å². The van der Waals surface area contributed by atoms with E-state index in [-0.39, 0.29) is 0 Å². The first-order valence-electron chi connectivity index (χ1n) is 5.07. The Morgan fingerprint density at radius 3 is 2.25 bits per heavy atom. The molecular weight excluding hydrogens is 313 g/mol. The number of anilines is 1. The van der Waals surface area contributed by atoms with Crippen molar-refractivity contribution in [1.82, 2.24) is 9.78 Å². The smallest absolute Gasteiger partial charge is 0.0731 e. The molecule has 2 aromatic rings.